The van der Waals surface area contributed by atoms with E-state index in [0.717, 1.165) is 11.3 Å². The standard InChI is InChI=1S/C18H20N4O2/c1-13(14-8-4-5-10-16(14)23-3)22(2)12-17-20-18(21-24-17)15-9-6-7-11-19-15/h4-11,13H,12H2,1-3H3. The molecular weight excluding hydrogens is 304 g/mol. The third kappa shape index (κ3) is 3.44. The van der Waals surface area contributed by atoms with Crippen molar-refractivity contribution in [1.29, 1.82) is 0 Å². The second kappa shape index (κ2) is 7.23. The van der Waals surface area contributed by atoms with Crippen LogP contribution in [0.25, 0.3) is 11.5 Å². The predicted octanol–water partition coefficient (Wildman–Crippen LogP) is 3.33. The molecular formula is C18H20N4O2. The van der Waals surface area contributed by atoms with Crippen LogP contribution in [0.3, 0.4) is 0 Å². The number of nitrogens with zero attached hydrogens (tertiary/aromatic N) is 4. The summed E-state index contributed by atoms with van der Waals surface area (Å²) in [5.41, 5.74) is 1.82. The van der Waals surface area contributed by atoms with E-state index in [9.17, 15) is 0 Å². The third-order valence-electron chi connectivity index (χ3n) is 4.00. The molecule has 2 heterocycles. The fourth-order valence-electron chi connectivity index (χ4n) is 2.52. The van der Waals surface area contributed by atoms with Gasteiger partial charge in [0.2, 0.25) is 11.7 Å². The zero-order valence-electron chi connectivity index (χ0n) is 14.0. The average Bonchev–Trinajstić information content (AvgIpc) is 3.10. The number of hydrogen-bond donors (Lipinski definition) is 0. The molecule has 0 saturated heterocycles. The van der Waals surface area contributed by atoms with Gasteiger partial charge in [-0.15, -0.1) is 0 Å². The minimum Gasteiger partial charge on any atom is -0.496 e. The molecule has 3 rings (SSSR count). The SMILES string of the molecule is COc1ccccc1C(C)N(C)Cc1nc(-c2ccccn2)no1. The van der Waals surface area contributed by atoms with Crippen LogP contribution in [-0.4, -0.2) is 34.2 Å². The van der Waals surface area contributed by atoms with Crippen molar-refractivity contribution in [2.24, 2.45) is 0 Å². The molecule has 0 aliphatic rings. The predicted molar refractivity (Wildman–Crippen MR) is 90.4 cm³/mol. The van der Waals surface area contributed by atoms with E-state index in [2.05, 4.69) is 33.0 Å². The second-order valence-electron chi connectivity index (χ2n) is 5.56. The molecule has 1 unspecified atom stereocenters. The quantitative estimate of drug-likeness (QED) is 0.693. The van der Waals surface area contributed by atoms with Gasteiger partial charge in [-0.1, -0.05) is 29.4 Å². The van der Waals surface area contributed by atoms with Crippen molar-refractivity contribution in [2.45, 2.75) is 19.5 Å². The topological polar surface area (TPSA) is 64.3 Å². The molecule has 6 heteroatoms. The van der Waals surface area contributed by atoms with Gasteiger partial charge in [-0.3, -0.25) is 9.88 Å². The molecule has 0 saturated carbocycles. The van der Waals surface area contributed by atoms with Gasteiger partial charge in [0.05, 0.1) is 13.7 Å². The molecule has 2 aromatic heterocycles. The normalized spacial score (nSPS) is 12.3. The van der Waals surface area contributed by atoms with E-state index in [1.807, 2.05) is 43.4 Å². The van der Waals surface area contributed by atoms with E-state index in [0.29, 0.717) is 24.0 Å². The second-order valence-corrected chi connectivity index (χ2v) is 5.56. The van der Waals surface area contributed by atoms with E-state index < -0.39 is 0 Å². The largest absolute Gasteiger partial charge is 0.496 e. The van der Waals surface area contributed by atoms with Crippen LogP contribution in [0.1, 0.15) is 24.4 Å². The lowest BCUT2D eigenvalue weighted by Crippen LogP contribution is -2.22. The number of para-hydroxylation sites is 1. The number of hydrogen-bond acceptors (Lipinski definition) is 6. The third-order valence-corrected chi connectivity index (χ3v) is 4.00. The van der Waals surface area contributed by atoms with Crippen LogP contribution in [0.5, 0.6) is 5.75 Å². The van der Waals surface area contributed by atoms with Crippen LogP contribution >= 0.6 is 0 Å². The number of benzene rings is 1. The molecule has 0 aliphatic heterocycles. The first kappa shape index (κ1) is 16.1. The van der Waals surface area contributed by atoms with Gasteiger partial charge in [0, 0.05) is 17.8 Å². The fourth-order valence-corrected chi connectivity index (χ4v) is 2.52. The highest BCUT2D eigenvalue weighted by molar-refractivity contribution is 5.47. The minimum atomic E-state index is 0.145. The average molecular weight is 324 g/mol. The van der Waals surface area contributed by atoms with E-state index in [1.165, 1.54) is 0 Å². The fraction of sp³-hybridized carbons (Fsp3) is 0.278. The lowest BCUT2D eigenvalue weighted by atomic mass is 10.1. The van der Waals surface area contributed by atoms with Crippen molar-refractivity contribution >= 4 is 0 Å². The van der Waals surface area contributed by atoms with Crippen LogP contribution < -0.4 is 4.74 Å². The Morgan fingerprint density at radius 3 is 2.71 bits per heavy atom. The Bertz CT molecular complexity index is 788. The Morgan fingerprint density at radius 2 is 1.96 bits per heavy atom. The number of rotatable bonds is 6. The van der Waals surface area contributed by atoms with Gasteiger partial charge in [-0.25, -0.2) is 0 Å². The zero-order chi connectivity index (χ0) is 16.9. The van der Waals surface area contributed by atoms with Crippen molar-refractivity contribution in [1.82, 2.24) is 20.0 Å². The van der Waals surface area contributed by atoms with E-state index in [4.69, 9.17) is 9.26 Å². The smallest absolute Gasteiger partial charge is 0.241 e. The molecule has 1 atom stereocenters. The molecule has 124 valence electrons. The molecule has 3 aromatic rings. The van der Waals surface area contributed by atoms with Crippen molar-refractivity contribution in [2.75, 3.05) is 14.2 Å². The van der Waals surface area contributed by atoms with Crippen LogP contribution in [0.2, 0.25) is 0 Å². The van der Waals surface area contributed by atoms with Crippen molar-refractivity contribution < 1.29 is 9.26 Å². The highest BCUT2D eigenvalue weighted by atomic mass is 16.5. The van der Waals surface area contributed by atoms with Crippen LogP contribution in [0.4, 0.5) is 0 Å². The van der Waals surface area contributed by atoms with Crippen molar-refractivity contribution in [3.05, 3.63) is 60.1 Å². The highest BCUT2D eigenvalue weighted by Crippen LogP contribution is 2.28. The maximum atomic E-state index is 5.44. The minimum absolute atomic E-state index is 0.145. The number of methoxy groups -OCH3 is 1. The molecule has 1 aromatic carbocycles. The lowest BCUT2D eigenvalue weighted by Gasteiger charge is -2.24. The van der Waals surface area contributed by atoms with Gasteiger partial charge in [0.1, 0.15) is 11.4 Å². The molecule has 0 radical (unpaired) electrons. The van der Waals surface area contributed by atoms with Crippen LogP contribution in [0.15, 0.2) is 53.2 Å². The Hall–Kier alpha value is -2.73. The number of ether oxygens (including phenoxy) is 1. The first-order valence-electron chi connectivity index (χ1n) is 7.76. The van der Waals surface area contributed by atoms with Gasteiger partial charge in [-0.05, 0) is 32.2 Å². The summed E-state index contributed by atoms with van der Waals surface area (Å²) in [6.07, 6.45) is 1.71. The summed E-state index contributed by atoms with van der Waals surface area (Å²) < 4.78 is 10.8. The Labute approximate surface area is 141 Å². The first-order valence-corrected chi connectivity index (χ1v) is 7.76. The van der Waals surface area contributed by atoms with Gasteiger partial charge in [0.15, 0.2) is 0 Å². The summed E-state index contributed by atoms with van der Waals surface area (Å²) in [6.45, 7) is 2.66. The lowest BCUT2D eigenvalue weighted by molar-refractivity contribution is 0.213. The summed E-state index contributed by atoms with van der Waals surface area (Å²) in [5, 5.41) is 4.01. The summed E-state index contributed by atoms with van der Waals surface area (Å²) in [4.78, 5) is 10.8. The summed E-state index contributed by atoms with van der Waals surface area (Å²) >= 11 is 0. The molecule has 6 nitrogen and oxygen atoms in total. The van der Waals surface area contributed by atoms with E-state index in [1.54, 1.807) is 13.3 Å². The first-order chi connectivity index (χ1) is 11.7. The summed E-state index contributed by atoms with van der Waals surface area (Å²) in [5.74, 6) is 1.93. The number of pyridine rings is 1. The Morgan fingerprint density at radius 1 is 1.17 bits per heavy atom. The molecule has 0 N–H and O–H groups in total. The van der Waals surface area contributed by atoms with Gasteiger partial charge >= 0.3 is 0 Å². The van der Waals surface area contributed by atoms with Crippen molar-refractivity contribution in [3.8, 4) is 17.3 Å². The highest BCUT2D eigenvalue weighted by Gasteiger charge is 2.18. The van der Waals surface area contributed by atoms with Crippen molar-refractivity contribution in [3.63, 3.8) is 0 Å². The van der Waals surface area contributed by atoms with E-state index in [-0.39, 0.29) is 6.04 Å². The maximum absolute atomic E-state index is 5.44. The molecule has 0 aliphatic carbocycles. The van der Waals surface area contributed by atoms with Crippen LogP contribution in [-0.2, 0) is 6.54 Å². The molecule has 0 amide bonds. The van der Waals surface area contributed by atoms with Gasteiger partial charge in [-0.2, -0.15) is 4.98 Å². The van der Waals surface area contributed by atoms with Gasteiger partial charge in [0.25, 0.3) is 0 Å². The Kier molecular flexibility index (Phi) is 4.86. The van der Waals surface area contributed by atoms with Gasteiger partial charge < -0.3 is 9.26 Å². The Balaban J connectivity index is 1.73. The zero-order valence-corrected chi connectivity index (χ0v) is 14.0. The maximum Gasteiger partial charge on any atom is 0.241 e. The molecule has 24 heavy (non-hydrogen) atoms. The summed E-state index contributed by atoms with van der Waals surface area (Å²) in [7, 11) is 3.70. The molecule has 0 bridgehead atoms. The van der Waals surface area contributed by atoms with Crippen LogP contribution in [0, 0.1) is 0 Å². The van der Waals surface area contributed by atoms with E-state index >= 15 is 0 Å². The summed E-state index contributed by atoms with van der Waals surface area (Å²) in [6, 6.07) is 13.8. The molecule has 0 spiro atoms. The monoisotopic (exact) mass is 324 g/mol. The number of aromatic nitrogens is 3. The molecule has 0 fully saturated rings.